The molecule has 116 valence electrons. The van der Waals surface area contributed by atoms with Gasteiger partial charge >= 0.3 is 0 Å². The third-order valence-corrected chi connectivity index (χ3v) is 4.54. The Bertz CT molecular complexity index is 476. The van der Waals surface area contributed by atoms with Crippen LogP contribution in [-0.4, -0.2) is 19.0 Å². The minimum atomic E-state index is 0.0640. The maximum Gasteiger partial charge on any atom is 0.251 e. The number of benzene rings is 1. The number of aryl methyl sites for hydroxylation is 1. The van der Waals surface area contributed by atoms with Crippen molar-refractivity contribution in [2.24, 2.45) is 11.8 Å². The summed E-state index contributed by atoms with van der Waals surface area (Å²) in [5.41, 5.74) is 2.90. The van der Waals surface area contributed by atoms with Crippen molar-refractivity contribution in [2.45, 2.75) is 46.5 Å². The molecule has 0 saturated heterocycles. The third-order valence-electron chi connectivity index (χ3n) is 4.54. The zero-order valence-corrected chi connectivity index (χ0v) is 13.5. The number of amides is 1. The molecular formula is C18H28N2O. The zero-order valence-electron chi connectivity index (χ0n) is 13.5. The molecule has 1 aromatic carbocycles. The highest BCUT2D eigenvalue weighted by molar-refractivity contribution is 5.96. The largest absolute Gasteiger partial charge is 0.385 e. The molecule has 1 amide bonds. The molecule has 1 fully saturated rings. The van der Waals surface area contributed by atoms with Crippen molar-refractivity contribution in [3.8, 4) is 0 Å². The molecule has 2 rings (SSSR count). The fourth-order valence-electron chi connectivity index (χ4n) is 3.10. The normalized spacial score (nSPS) is 21.9. The van der Waals surface area contributed by atoms with E-state index >= 15 is 0 Å². The van der Waals surface area contributed by atoms with Crippen molar-refractivity contribution in [1.82, 2.24) is 5.32 Å². The highest BCUT2D eigenvalue weighted by Crippen LogP contribution is 2.27. The van der Waals surface area contributed by atoms with Crippen molar-refractivity contribution in [3.63, 3.8) is 0 Å². The minimum Gasteiger partial charge on any atom is -0.385 e. The number of anilines is 1. The molecule has 2 N–H and O–H groups in total. The Labute approximate surface area is 128 Å². The van der Waals surface area contributed by atoms with E-state index in [2.05, 4.69) is 24.5 Å². The van der Waals surface area contributed by atoms with E-state index in [1.165, 1.54) is 25.7 Å². The monoisotopic (exact) mass is 288 g/mol. The van der Waals surface area contributed by atoms with Gasteiger partial charge in [-0.05, 0) is 62.3 Å². The van der Waals surface area contributed by atoms with Crippen LogP contribution >= 0.6 is 0 Å². The summed E-state index contributed by atoms with van der Waals surface area (Å²) in [5.74, 6) is 1.58. The number of carbonyl (C=O) groups excluding carboxylic acids is 1. The van der Waals surface area contributed by atoms with Crippen LogP contribution in [0.15, 0.2) is 18.2 Å². The molecule has 0 radical (unpaired) electrons. The summed E-state index contributed by atoms with van der Waals surface area (Å²) in [5, 5.41) is 6.39. The van der Waals surface area contributed by atoms with Crippen LogP contribution < -0.4 is 10.6 Å². The smallest absolute Gasteiger partial charge is 0.251 e. The van der Waals surface area contributed by atoms with Crippen molar-refractivity contribution >= 4 is 11.6 Å². The summed E-state index contributed by atoms with van der Waals surface area (Å²) < 4.78 is 0. The molecule has 0 unspecified atom stereocenters. The average Bonchev–Trinajstić information content (AvgIpc) is 2.47. The summed E-state index contributed by atoms with van der Waals surface area (Å²) in [7, 11) is 0. The number of hydrogen-bond donors (Lipinski definition) is 2. The molecule has 1 aliphatic carbocycles. The van der Waals surface area contributed by atoms with Gasteiger partial charge in [-0.2, -0.15) is 0 Å². The van der Waals surface area contributed by atoms with Gasteiger partial charge in [-0.25, -0.2) is 0 Å². The van der Waals surface area contributed by atoms with Crippen LogP contribution in [-0.2, 0) is 0 Å². The summed E-state index contributed by atoms with van der Waals surface area (Å²) in [6.45, 7) is 8.11. The Morgan fingerprint density at radius 1 is 1.24 bits per heavy atom. The first-order chi connectivity index (χ1) is 10.1. The van der Waals surface area contributed by atoms with Crippen LogP contribution in [0.25, 0.3) is 0 Å². The first-order valence-electron chi connectivity index (χ1n) is 8.22. The van der Waals surface area contributed by atoms with E-state index in [-0.39, 0.29) is 5.91 Å². The van der Waals surface area contributed by atoms with E-state index in [0.717, 1.165) is 35.8 Å². The van der Waals surface area contributed by atoms with Crippen LogP contribution in [0.4, 0.5) is 5.69 Å². The Kier molecular flexibility index (Phi) is 5.66. The number of hydrogen-bond acceptors (Lipinski definition) is 2. The van der Waals surface area contributed by atoms with Crippen LogP contribution in [0, 0.1) is 18.8 Å². The molecule has 0 bridgehead atoms. The second-order valence-electron chi connectivity index (χ2n) is 6.40. The summed E-state index contributed by atoms with van der Waals surface area (Å²) in [4.78, 5) is 12.3. The Hall–Kier alpha value is -1.51. The van der Waals surface area contributed by atoms with Crippen molar-refractivity contribution in [1.29, 1.82) is 0 Å². The number of rotatable bonds is 5. The highest BCUT2D eigenvalue weighted by atomic mass is 16.1. The van der Waals surface area contributed by atoms with Gasteiger partial charge in [0.2, 0.25) is 0 Å². The SMILES string of the molecule is CCNc1ccc(C(=O)NCC2CCC(C)CC2)c(C)c1. The molecule has 21 heavy (non-hydrogen) atoms. The fourth-order valence-corrected chi connectivity index (χ4v) is 3.10. The lowest BCUT2D eigenvalue weighted by Crippen LogP contribution is -2.31. The van der Waals surface area contributed by atoms with E-state index in [1.807, 2.05) is 25.1 Å². The molecule has 3 nitrogen and oxygen atoms in total. The minimum absolute atomic E-state index is 0.0640. The third kappa shape index (κ3) is 4.48. The zero-order chi connectivity index (χ0) is 15.2. The summed E-state index contributed by atoms with van der Waals surface area (Å²) >= 11 is 0. The van der Waals surface area contributed by atoms with Gasteiger partial charge in [0.25, 0.3) is 5.91 Å². The van der Waals surface area contributed by atoms with Gasteiger partial charge in [0.15, 0.2) is 0 Å². The molecule has 1 aromatic rings. The molecule has 1 aliphatic rings. The van der Waals surface area contributed by atoms with Gasteiger partial charge in [0.05, 0.1) is 0 Å². The van der Waals surface area contributed by atoms with E-state index in [4.69, 9.17) is 0 Å². The van der Waals surface area contributed by atoms with E-state index < -0.39 is 0 Å². The lowest BCUT2D eigenvalue weighted by Gasteiger charge is -2.26. The molecule has 0 aromatic heterocycles. The predicted octanol–water partition coefficient (Wildman–Crippen LogP) is 3.98. The highest BCUT2D eigenvalue weighted by Gasteiger charge is 2.19. The Morgan fingerprint density at radius 2 is 1.95 bits per heavy atom. The Balaban J connectivity index is 1.88. The fraction of sp³-hybridized carbons (Fsp3) is 0.611. The molecule has 3 heteroatoms. The second kappa shape index (κ2) is 7.48. The summed E-state index contributed by atoms with van der Waals surface area (Å²) in [6.07, 6.45) is 5.10. The lowest BCUT2D eigenvalue weighted by molar-refractivity contribution is 0.0941. The molecule has 0 aliphatic heterocycles. The van der Waals surface area contributed by atoms with Crippen molar-refractivity contribution in [3.05, 3.63) is 29.3 Å². The van der Waals surface area contributed by atoms with E-state index in [9.17, 15) is 4.79 Å². The average molecular weight is 288 g/mol. The first kappa shape index (κ1) is 15.9. The van der Waals surface area contributed by atoms with E-state index in [0.29, 0.717) is 5.92 Å². The standard InChI is InChI=1S/C18H28N2O/c1-4-19-16-9-10-17(14(3)11-16)18(21)20-12-15-7-5-13(2)6-8-15/h9-11,13,15,19H,4-8,12H2,1-3H3,(H,20,21). The quantitative estimate of drug-likeness (QED) is 0.860. The second-order valence-corrected chi connectivity index (χ2v) is 6.40. The van der Waals surface area contributed by atoms with Gasteiger partial charge in [0.1, 0.15) is 0 Å². The predicted molar refractivity (Wildman–Crippen MR) is 88.8 cm³/mol. The molecule has 0 heterocycles. The van der Waals surface area contributed by atoms with Crippen LogP contribution in [0.2, 0.25) is 0 Å². The summed E-state index contributed by atoms with van der Waals surface area (Å²) in [6, 6.07) is 5.94. The first-order valence-corrected chi connectivity index (χ1v) is 8.22. The topological polar surface area (TPSA) is 41.1 Å². The van der Waals surface area contributed by atoms with Gasteiger partial charge in [-0.3, -0.25) is 4.79 Å². The number of carbonyl (C=O) groups is 1. The van der Waals surface area contributed by atoms with Crippen molar-refractivity contribution < 1.29 is 4.79 Å². The van der Waals surface area contributed by atoms with Gasteiger partial charge in [0, 0.05) is 24.3 Å². The lowest BCUT2D eigenvalue weighted by atomic mass is 9.83. The number of nitrogens with one attached hydrogen (secondary N) is 2. The van der Waals surface area contributed by atoms with Gasteiger partial charge < -0.3 is 10.6 Å². The van der Waals surface area contributed by atoms with Crippen LogP contribution in [0.3, 0.4) is 0 Å². The Morgan fingerprint density at radius 3 is 2.57 bits per heavy atom. The maximum absolute atomic E-state index is 12.3. The van der Waals surface area contributed by atoms with E-state index in [1.54, 1.807) is 0 Å². The molecule has 0 atom stereocenters. The van der Waals surface area contributed by atoms with Crippen LogP contribution in [0.1, 0.15) is 55.5 Å². The molecule has 0 spiro atoms. The maximum atomic E-state index is 12.3. The van der Waals surface area contributed by atoms with Crippen molar-refractivity contribution in [2.75, 3.05) is 18.4 Å². The van der Waals surface area contributed by atoms with Gasteiger partial charge in [-0.1, -0.05) is 19.8 Å². The van der Waals surface area contributed by atoms with Gasteiger partial charge in [-0.15, -0.1) is 0 Å². The molecular weight excluding hydrogens is 260 g/mol. The van der Waals surface area contributed by atoms with Crippen LogP contribution in [0.5, 0.6) is 0 Å². The molecule has 1 saturated carbocycles.